The number of hydrogen-bond donors (Lipinski definition) is 0. The molecule has 0 spiro atoms. The molecule has 0 bridgehead atoms. The van der Waals surface area contributed by atoms with E-state index in [4.69, 9.17) is 4.98 Å². The summed E-state index contributed by atoms with van der Waals surface area (Å²) in [6, 6.07) is 44.0. The molecule has 0 aliphatic heterocycles. The monoisotopic (exact) mass is 419 g/mol. The number of pyridine rings is 1. The molecule has 5 aromatic carbocycles. The molecule has 0 N–H and O–H groups in total. The molecule has 0 unspecified atom stereocenters. The molecule has 1 aliphatic rings. The Hall–Kier alpha value is -4.23. The summed E-state index contributed by atoms with van der Waals surface area (Å²) >= 11 is 0. The molecule has 0 radical (unpaired) electrons. The Labute approximate surface area is 193 Å². The lowest BCUT2D eigenvalue weighted by Gasteiger charge is -2.35. The largest absolute Gasteiger partial charge is 0.256 e. The summed E-state index contributed by atoms with van der Waals surface area (Å²) < 4.78 is 0. The van der Waals surface area contributed by atoms with Crippen LogP contribution < -0.4 is 0 Å². The molecule has 1 aromatic heterocycles. The summed E-state index contributed by atoms with van der Waals surface area (Å²) in [5.74, 6) is 0. The van der Waals surface area contributed by atoms with Crippen LogP contribution in [0.5, 0.6) is 0 Å². The van der Waals surface area contributed by atoms with Crippen LogP contribution in [0, 0.1) is 0 Å². The van der Waals surface area contributed by atoms with Crippen molar-refractivity contribution in [2.45, 2.75) is 5.41 Å². The van der Waals surface area contributed by atoms with Gasteiger partial charge in [-0.05, 0) is 49.9 Å². The van der Waals surface area contributed by atoms with E-state index in [-0.39, 0.29) is 0 Å². The van der Waals surface area contributed by atoms with E-state index in [0.29, 0.717) is 0 Å². The maximum Gasteiger partial charge on any atom is 0.0753 e. The zero-order valence-electron chi connectivity index (χ0n) is 18.1. The summed E-state index contributed by atoms with van der Waals surface area (Å²) in [5, 5.41) is 5.06. The zero-order valence-corrected chi connectivity index (χ0v) is 18.1. The van der Waals surface area contributed by atoms with Crippen molar-refractivity contribution in [1.29, 1.82) is 0 Å². The van der Waals surface area contributed by atoms with Crippen LogP contribution in [0.3, 0.4) is 0 Å². The molecule has 6 aromatic rings. The first-order valence-electron chi connectivity index (χ1n) is 11.4. The summed E-state index contributed by atoms with van der Waals surface area (Å²) in [6.45, 7) is 0. The van der Waals surface area contributed by atoms with Crippen molar-refractivity contribution in [3.63, 3.8) is 0 Å². The highest BCUT2D eigenvalue weighted by molar-refractivity contribution is 5.97. The Morgan fingerprint density at radius 2 is 0.939 bits per heavy atom. The second-order valence-corrected chi connectivity index (χ2v) is 8.75. The smallest absolute Gasteiger partial charge is 0.0753 e. The van der Waals surface area contributed by atoms with Crippen LogP contribution in [0.15, 0.2) is 128 Å². The van der Waals surface area contributed by atoms with E-state index in [0.717, 1.165) is 5.69 Å². The third kappa shape index (κ3) is 2.39. The van der Waals surface area contributed by atoms with Crippen molar-refractivity contribution in [1.82, 2.24) is 4.98 Å². The first kappa shape index (κ1) is 18.4. The average molecular weight is 420 g/mol. The number of nitrogens with zero attached hydrogens (tertiary/aromatic N) is 1. The van der Waals surface area contributed by atoms with Crippen LogP contribution in [0.25, 0.3) is 32.8 Å². The van der Waals surface area contributed by atoms with Gasteiger partial charge in [0.15, 0.2) is 0 Å². The molecule has 0 saturated heterocycles. The highest BCUT2D eigenvalue weighted by atomic mass is 14.7. The second-order valence-electron chi connectivity index (χ2n) is 8.75. The predicted molar refractivity (Wildman–Crippen MR) is 137 cm³/mol. The minimum Gasteiger partial charge on any atom is -0.256 e. The van der Waals surface area contributed by atoms with Gasteiger partial charge in [-0.25, -0.2) is 0 Å². The van der Waals surface area contributed by atoms with E-state index in [9.17, 15) is 0 Å². The molecule has 33 heavy (non-hydrogen) atoms. The molecule has 1 heteroatoms. The van der Waals surface area contributed by atoms with Crippen molar-refractivity contribution in [2.75, 3.05) is 0 Å². The first-order valence-corrected chi connectivity index (χ1v) is 11.4. The maximum absolute atomic E-state index is 4.91. The van der Waals surface area contributed by atoms with E-state index in [1.54, 1.807) is 0 Å². The van der Waals surface area contributed by atoms with E-state index in [2.05, 4.69) is 121 Å². The van der Waals surface area contributed by atoms with Gasteiger partial charge in [0.05, 0.1) is 11.1 Å². The molecule has 1 aliphatic carbocycles. The quantitative estimate of drug-likeness (QED) is 0.279. The van der Waals surface area contributed by atoms with Crippen LogP contribution >= 0.6 is 0 Å². The molecule has 154 valence electrons. The Morgan fingerprint density at radius 1 is 0.424 bits per heavy atom. The van der Waals surface area contributed by atoms with Gasteiger partial charge in [-0.2, -0.15) is 0 Å². The van der Waals surface area contributed by atoms with E-state index < -0.39 is 5.41 Å². The molecule has 1 nitrogen and oxygen atoms in total. The molecule has 0 atom stereocenters. The number of aromatic nitrogens is 1. The van der Waals surface area contributed by atoms with Gasteiger partial charge in [0.2, 0.25) is 0 Å². The molecule has 0 amide bonds. The van der Waals surface area contributed by atoms with Crippen LogP contribution in [0.2, 0.25) is 0 Å². The van der Waals surface area contributed by atoms with Gasteiger partial charge in [0, 0.05) is 11.8 Å². The van der Waals surface area contributed by atoms with Crippen molar-refractivity contribution in [3.8, 4) is 11.3 Å². The van der Waals surface area contributed by atoms with Crippen molar-refractivity contribution < 1.29 is 0 Å². The van der Waals surface area contributed by atoms with Gasteiger partial charge >= 0.3 is 0 Å². The van der Waals surface area contributed by atoms with Crippen LogP contribution in [-0.4, -0.2) is 4.98 Å². The van der Waals surface area contributed by atoms with Crippen LogP contribution in [0.4, 0.5) is 0 Å². The lowest BCUT2D eigenvalue weighted by Crippen LogP contribution is -2.29. The maximum atomic E-state index is 4.91. The van der Waals surface area contributed by atoms with Crippen LogP contribution in [-0.2, 0) is 5.41 Å². The Bertz CT molecular complexity index is 1540. The minimum atomic E-state index is -0.456. The standard InChI is InChI=1S/C32H21N/c1-3-14-24-22(10-1)12-7-18-27(24)32(28-19-8-13-23-11-2-4-15-25(23)28)29-17-6-5-16-26(29)31-30(32)20-9-21-33-31/h1-21H. The fourth-order valence-corrected chi connectivity index (χ4v) is 5.91. The number of benzene rings is 5. The van der Waals surface area contributed by atoms with Crippen molar-refractivity contribution in [3.05, 3.63) is 150 Å². The lowest BCUT2D eigenvalue weighted by molar-refractivity contribution is 0.782. The third-order valence-corrected chi connectivity index (χ3v) is 7.19. The lowest BCUT2D eigenvalue weighted by atomic mass is 9.65. The van der Waals surface area contributed by atoms with E-state index >= 15 is 0 Å². The molecule has 0 fully saturated rings. The minimum absolute atomic E-state index is 0.456. The molecule has 7 rings (SSSR count). The van der Waals surface area contributed by atoms with Gasteiger partial charge in [-0.3, -0.25) is 4.98 Å². The summed E-state index contributed by atoms with van der Waals surface area (Å²) in [7, 11) is 0. The summed E-state index contributed by atoms with van der Waals surface area (Å²) in [5.41, 5.74) is 6.99. The third-order valence-electron chi connectivity index (χ3n) is 7.19. The highest BCUT2D eigenvalue weighted by Gasteiger charge is 2.48. The van der Waals surface area contributed by atoms with Gasteiger partial charge in [0.1, 0.15) is 0 Å². The average Bonchev–Trinajstić information content (AvgIpc) is 3.19. The normalized spacial score (nSPS) is 13.7. The number of fused-ring (bicyclic) bond motifs is 5. The zero-order chi connectivity index (χ0) is 21.8. The molecule has 0 saturated carbocycles. The van der Waals surface area contributed by atoms with Crippen molar-refractivity contribution >= 4 is 21.5 Å². The summed E-state index contributed by atoms with van der Waals surface area (Å²) in [6.07, 6.45) is 1.91. The molecule has 1 heterocycles. The highest BCUT2D eigenvalue weighted by Crippen LogP contribution is 2.57. The van der Waals surface area contributed by atoms with E-state index in [1.165, 1.54) is 49.4 Å². The van der Waals surface area contributed by atoms with Gasteiger partial charge in [-0.1, -0.05) is 115 Å². The number of rotatable bonds is 2. The first-order chi connectivity index (χ1) is 16.4. The molecular weight excluding hydrogens is 398 g/mol. The SMILES string of the molecule is c1ccc2c(c1)-c1ncccc1C2(c1cccc2ccccc12)c1cccc2ccccc12. The van der Waals surface area contributed by atoms with Gasteiger partial charge in [0.25, 0.3) is 0 Å². The Kier molecular flexibility index (Phi) is 3.83. The van der Waals surface area contributed by atoms with Crippen LogP contribution in [0.1, 0.15) is 22.3 Å². The summed E-state index contributed by atoms with van der Waals surface area (Å²) in [4.78, 5) is 4.91. The van der Waals surface area contributed by atoms with E-state index in [1.807, 2.05) is 6.20 Å². The second kappa shape index (κ2) is 6.88. The topological polar surface area (TPSA) is 12.9 Å². The van der Waals surface area contributed by atoms with Gasteiger partial charge < -0.3 is 0 Å². The Morgan fingerprint density at radius 3 is 1.64 bits per heavy atom. The predicted octanol–water partition coefficient (Wildman–Crippen LogP) is 7.75. The Balaban J connectivity index is 1.76. The fourth-order valence-electron chi connectivity index (χ4n) is 5.91. The fraction of sp³-hybridized carbons (Fsp3) is 0.0312. The van der Waals surface area contributed by atoms with Gasteiger partial charge in [-0.15, -0.1) is 0 Å². The van der Waals surface area contributed by atoms with Crippen molar-refractivity contribution in [2.24, 2.45) is 0 Å². The number of hydrogen-bond acceptors (Lipinski definition) is 1. The molecular formula is C32H21N.